The second kappa shape index (κ2) is 5.74. The van der Waals surface area contributed by atoms with E-state index in [1.807, 2.05) is 25.1 Å². The van der Waals surface area contributed by atoms with Crippen LogP contribution >= 0.6 is 0 Å². The molecular weight excluding hydrogens is 259 g/mol. The molecule has 3 nitrogen and oxygen atoms in total. The van der Waals surface area contributed by atoms with Crippen molar-refractivity contribution in [1.82, 2.24) is 0 Å². The van der Waals surface area contributed by atoms with Crippen molar-refractivity contribution in [3.8, 4) is 16.9 Å². The summed E-state index contributed by atoms with van der Waals surface area (Å²) >= 11 is 0. The number of esters is 1. The van der Waals surface area contributed by atoms with E-state index in [9.17, 15) is 9.18 Å². The normalized spacial score (nSPS) is 10.2. The lowest BCUT2D eigenvalue weighted by Crippen LogP contribution is -2.04. The summed E-state index contributed by atoms with van der Waals surface area (Å²) in [6, 6.07) is 10.0. The van der Waals surface area contributed by atoms with Gasteiger partial charge in [0.2, 0.25) is 0 Å². The highest BCUT2D eigenvalue weighted by Gasteiger charge is 2.14. The third kappa shape index (κ3) is 2.64. The van der Waals surface area contributed by atoms with Crippen LogP contribution in [0.2, 0.25) is 0 Å². The van der Waals surface area contributed by atoms with Crippen molar-refractivity contribution in [1.29, 1.82) is 0 Å². The minimum Gasteiger partial charge on any atom is -0.496 e. The Labute approximate surface area is 117 Å². The summed E-state index contributed by atoms with van der Waals surface area (Å²) in [7, 11) is 2.79. The largest absolute Gasteiger partial charge is 0.496 e. The van der Waals surface area contributed by atoms with Gasteiger partial charge in [-0.3, -0.25) is 0 Å². The van der Waals surface area contributed by atoms with Crippen LogP contribution in [-0.2, 0) is 4.74 Å². The maximum absolute atomic E-state index is 13.9. The summed E-state index contributed by atoms with van der Waals surface area (Å²) in [5.74, 6) is -0.642. The van der Waals surface area contributed by atoms with Crippen molar-refractivity contribution in [2.75, 3.05) is 14.2 Å². The van der Waals surface area contributed by atoms with Crippen molar-refractivity contribution in [3.63, 3.8) is 0 Å². The Morgan fingerprint density at radius 2 is 1.85 bits per heavy atom. The fourth-order valence-electron chi connectivity index (χ4n) is 2.00. The van der Waals surface area contributed by atoms with E-state index in [1.165, 1.54) is 19.2 Å². The molecule has 0 unspecified atom stereocenters. The quantitative estimate of drug-likeness (QED) is 0.802. The molecule has 2 aromatic rings. The number of carbonyl (C=O) groups is 1. The van der Waals surface area contributed by atoms with Crippen LogP contribution < -0.4 is 4.74 Å². The van der Waals surface area contributed by atoms with Gasteiger partial charge in [-0.1, -0.05) is 18.2 Å². The van der Waals surface area contributed by atoms with Gasteiger partial charge in [-0.05, 0) is 36.2 Å². The standard InChI is InChI=1S/C16H15FO3/c1-10-4-6-12(15(8-10)19-2)11-5-7-13(14(17)9-11)16(18)20-3/h4-9H,1-3H3. The van der Waals surface area contributed by atoms with Gasteiger partial charge in [-0.15, -0.1) is 0 Å². The highest BCUT2D eigenvalue weighted by atomic mass is 19.1. The molecule has 0 aliphatic heterocycles. The Morgan fingerprint density at radius 1 is 1.10 bits per heavy atom. The molecule has 4 heteroatoms. The number of ether oxygens (including phenoxy) is 2. The summed E-state index contributed by atoms with van der Waals surface area (Å²) in [6.07, 6.45) is 0. The van der Waals surface area contributed by atoms with E-state index in [4.69, 9.17) is 4.74 Å². The Bertz CT molecular complexity index is 650. The number of rotatable bonds is 3. The molecule has 104 valence electrons. The molecule has 0 atom stereocenters. The molecule has 0 bridgehead atoms. The highest BCUT2D eigenvalue weighted by molar-refractivity contribution is 5.90. The topological polar surface area (TPSA) is 35.5 Å². The second-order valence-electron chi connectivity index (χ2n) is 4.39. The summed E-state index contributed by atoms with van der Waals surface area (Å²) < 4.78 is 23.8. The number of methoxy groups -OCH3 is 2. The fourth-order valence-corrected chi connectivity index (χ4v) is 2.00. The van der Waals surface area contributed by atoms with Gasteiger partial charge in [-0.2, -0.15) is 0 Å². The molecule has 0 amide bonds. The van der Waals surface area contributed by atoms with E-state index in [1.54, 1.807) is 13.2 Å². The van der Waals surface area contributed by atoms with Crippen LogP contribution in [0, 0.1) is 12.7 Å². The molecule has 0 radical (unpaired) electrons. The van der Waals surface area contributed by atoms with Crippen LogP contribution in [0.5, 0.6) is 5.75 Å². The van der Waals surface area contributed by atoms with Crippen LogP contribution in [0.1, 0.15) is 15.9 Å². The van der Waals surface area contributed by atoms with Gasteiger partial charge in [0.15, 0.2) is 0 Å². The van der Waals surface area contributed by atoms with Gasteiger partial charge in [0.1, 0.15) is 11.6 Å². The van der Waals surface area contributed by atoms with Crippen LogP contribution in [-0.4, -0.2) is 20.2 Å². The molecule has 0 aliphatic carbocycles. The maximum Gasteiger partial charge on any atom is 0.340 e. The van der Waals surface area contributed by atoms with Gasteiger partial charge in [0.05, 0.1) is 19.8 Å². The van der Waals surface area contributed by atoms with Crippen molar-refractivity contribution in [2.24, 2.45) is 0 Å². The monoisotopic (exact) mass is 274 g/mol. The maximum atomic E-state index is 13.9. The van der Waals surface area contributed by atoms with E-state index in [0.29, 0.717) is 11.3 Å². The van der Waals surface area contributed by atoms with Crippen LogP contribution in [0.4, 0.5) is 4.39 Å². The van der Waals surface area contributed by atoms with E-state index in [0.717, 1.165) is 11.1 Å². The van der Waals surface area contributed by atoms with Crippen molar-refractivity contribution >= 4 is 5.97 Å². The fraction of sp³-hybridized carbons (Fsp3) is 0.188. The summed E-state index contributed by atoms with van der Waals surface area (Å²) in [5, 5.41) is 0. The second-order valence-corrected chi connectivity index (χ2v) is 4.39. The van der Waals surface area contributed by atoms with E-state index < -0.39 is 11.8 Å². The Balaban J connectivity index is 2.49. The SMILES string of the molecule is COC(=O)c1ccc(-c2ccc(C)cc2OC)cc1F. The molecule has 0 saturated heterocycles. The number of hydrogen-bond acceptors (Lipinski definition) is 3. The highest BCUT2D eigenvalue weighted by Crippen LogP contribution is 2.31. The molecule has 2 aromatic carbocycles. The lowest BCUT2D eigenvalue weighted by molar-refractivity contribution is 0.0595. The molecule has 0 N–H and O–H groups in total. The molecule has 0 aromatic heterocycles. The van der Waals surface area contributed by atoms with Gasteiger partial charge >= 0.3 is 5.97 Å². The van der Waals surface area contributed by atoms with Gasteiger partial charge in [0, 0.05) is 5.56 Å². The first kappa shape index (κ1) is 14.1. The van der Waals surface area contributed by atoms with Crippen LogP contribution in [0.15, 0.2) is 36.4 Å². The lowest BCUT2D eigenvalue weighted by atomic mass is 10.0. The molecular formula is C16H15FO3. The zero-order valence-electron chi connectivity index (χ0n) is 11.6. The first-order chi connectivity index (χ1) is 9.56. The summed E-state index contributed by atoms with van der Waals surface area (Å²) in [4.78, 5) is 11.4. The van der Waals surface area contributed by atoms with Gasteiger partial charge in [-0.25, -0.2) is 9.18 Å². The molecule has 0 aliphatic rings. The number of carbonyl (C=O) groups excluding carboxylic acids is 1. The van der Waals surface area contributed by atoms with E-state index in [-0.39, 0.29) is 5.56 Å². The van der Waals surface area contributed by atoms with Crippen molar-refractivity contribution in [2.45, 2.75) is 6.92 Å². The van der Waals surface area contributed by atoms with Crippen molar-refractivity contribution in [3.05, 3.63) is 53.3 Å². The average molecular weight is 274 g/mol. The average Bonchev–Trinajstić information content (AvgIpc) is 2.46. The smallest absolute Gasteiger partial charge is 0.340 e. The van der Waals surface area contributed by atoms with Crippen molar-refractivity contribution < 1.29 is 18.7 Å². The van der Waals surface area contributed by atoms with E-state index >= 15 is 0 Å². The lowest BCUT2D eigenvalue weighted by Gasteiger charge is -2.10. The number of halogens is 1. The molecule has 0 spiro atoms. The molecule has 0 fully saturated rings. The first-order valence-corrected chi connectivity index (χ1v) is 6.09. The third-order valence-electron chi connectivity index (χ3n) is 3.04. The Hall–Kier alpha value is -2.36. The first-order valence-electron chi connectivity index (χ1n) is 6.09. The summed E-state index contributed by atoms with van der Waals surface area (Å²) in [5.41, 5.74) is 2.39. The van der Waals surface area contributed by atoms with E-state index in [2.05, 4.69) is 4.74 Å². The third-order valence-corrected chi connectivity index (χ3v) is 3.04. The zero-order chi connectivity index (χ0) is 14.7. The van der Waals surface area contributed by atoms with Crippen LogP contribution in [0.3, 0.4) is 0 Å². The molecule has 0 saturated carbocycles. The minimum atomic E-state index is -0.690. The Morgan fingerprint density at radius 3 is 2.45 bits per heavy atom. The Kier molecular flexibility index (Phi) is 4.03. The molecule has 2 rings (SSSR count). The molecule has 20 heavy (non-hydrogen) atoms. The van der Waals surface area contributed by atoms with Gasteiger partial charge in [0.25, 0.3) is 0 Å². The number of hydrogen-bond donors (Lipinski definition) is 0. The predicted molar refractivity (Wildman–Crippen MR) is 74.5 cm³/mol. The minimum absolute atomic E-state index is 0.0812. The predicted octanol–water partition coefficient (Wildman–Crippen LogP) is 3.60. The number of benzene rings is 2. The van der Waals surface area contributed by atoms with Gasteiger partial charge < -0.3 is 9.47 Å². The summed E-state index contributed by atoms with van der Waals surface area (Å²) in [6.45, 7) is 1.95. The van der Waals surface area contributed by atoms with Crippen LogP contribution in [0.25, 0.3) is 11.1 Å². The number of aryl methyl sites for hydroxylation is 1. The molecule has 0 heterocycles. The zero-order valence-corrected chi connectivity index (χ0v) is 11.6.